The molecule has 3 nitrogen and oxygen atoms in total. The molecule has 0 aliphatic heterocycles. The molecule has 13 heavy (non-hydrogen) atoms. The van der Waals surface area contributed by atoms with Crippen molar-refractivity contribution in [3.05, 3.63) is 0 Å². The fourth-order valence-corrected chi connectivity index (χ4v) is 1.87. The molecule has 0 aromatic rings. The molecule has 0 aliphatic carbocycles. The zero-order valence-corrected chi connectivity index (χ0v) is 12.4. The van der Waals surface area contributed by atoms with Crippen molar-refractivity contribution < 1.29 is 44.0 Å². The van der Waals surface area contributed by atoms with E-state index in [0.29, 0.717) is 6.42 Å². The van der Waals surface area contributed by atoms with Gasteiger partial charge in [-0.15, -0.1) is 0 Å². The molecule has 0 aromatic heterocycles. The molecule has 0 saturated heterocycles. The van der Waals surface area contributed by atoms with Crippen molar-refractivity contribution in [2.24, 2.45) is 0 Å². The van der Waals surface area contributed by atoms with Crippen LogP contribution in [0.3, 0.4) is 0 Å². The molecule has 0 spiro atoms. The number of hydrogen-bond donors (Lipinski definition) is 1. The molecule has 6 heteroatoms. The molecule has 0 aliphatic rings. The summed E-state index contributed by atoms with van der Waals surface area (Å²) in [6.07, 6.45) is 4.75. The third kappa shape index (κ3) is 16.1. The van der Waals surface area contributed by atoms with Gasteiger partial charge in [-0.3, -0.25) is 4.55 Å². The molecule has 1 N–H and O–H groups in total. The minimum atomic E-state index is -3.73. The molecule has 0 atom stereocenters. The Kier molecular flexibility index (Phi) is 12.8. The van der Waals surface area contributed by atoms with Crippen molar-refractivity contribution in [2.75, 3.05) is 11.1 Å². The fourth-order valence-electron chi connectivity index (χ4n) is 0.909. The standard InChI is InChI=1S/C7H15BrO3S.Na.H/c8-6-4-2-1-3-5-7-12(9,10)11;;/h1-7H2,(H,9,10,11);;/q;+1;-1. The third-order valence-corrected chi connectivity index (χ3v) is 2.90. The third-order valence-electron chi connectivity index (χ3n) is 1.54. The summed E-state index contributed by atoms with van der Waals surface area (Å²) in [5.41, 5.74) is 0. The van der Waals surface area contributed by atoms with Gasteiger partial charge in [-0.2, -0.15) is 8.42 Å². The van der Waals surface area contributed by atoms with Gasteiger partial charge in [0.25, 0.3) is 10.1 Å². The van der Waals surface area contributed by atoms with Crippen LogP contribution in [0.2, 0.25) is 0 Å². The largest absolute Gasteiger partial charge is 1.00 e. The van der Waals surface area contributed by atoms with Crippen LogP contribution in [0.4, 0.5) is 0 Å². The second-order valence-corrected chi connectivity index (χ2v) is 5.11. The van der Waals surface area contributed by atoms with Crippen LogP contribution in [-0.2, 0) is 10.1 Å². The van der Waals surface area contributed by atoms with Crippen LogP contribution in [0.5, 0.6) is 0 Å². The topological polar surface area (TPSA) is 54.4 Å². The summed E-state index contributed by atoms with van der Waals surface area (Å²) in [7, 11) is -3.73. The van der Waals surface area contributed by atoms with Crippen LogP contribution in [0.25, 0.3) is 0 Å². The van der Waals surface area contributed by atoms with Crippen molar-refractivity contribution in [3.63, 3.8) is 0 Å². The van der Waals surface area contributed by atoms with Crippen molar-refractivity contribution >= 4 is 26.0 Å². The minimum absolute atomic E-state index is 0. The van der Waals surface area contributed by atoms with E-state index >= 15 is 0 Å². The SMILES string of the molecule is O=S(=O)(O)CCCCCCCBr.[H-].[Na+]. The van der Waals surface area contributed by atoms with Crippen molar-refractivity contribution in [2.45, 2.75) is 32.1 Å². The Morgan fingerprint density at radius 2 is 1.54 bits per heavy atom. The van der Waals surface area contributed by atoms with E-state index in [-0.39, 0.29) is 36.7 Å². The maximum absolute atomic E-state index is 10.3. The van der Waals surface area contributed by atoms with Gasteiger partial charge in [0, 0.05) is 5.33 Å². The van der Waals surface area contributed by atoms with Crippen LogP contribution >= 0.6 is 15.9 Å². The molecular formula is C7H16BrNaO3S. The Bertz CT molecular complexity index is 199. The number of alkyl halides is 1. The van der Waals surface area contributed by atoms with E-state index in [2.05, 4.69) is 15.9 Å². The van der Waals surface area contributed by atoms with E-state index in [1.165, 1.54) is 0 Å². The molecule has 0 heterocycles. The molecule has 0 unspecified atom stereocenters. The molecule has 0 rings (SSSR count). The van der Waals surface area contributed by atoms with E-state index in [4.69, 9.17) is 4.55 Å². The number of rotatable bonds is 7. The molecule has 0 fully saturated rings. The van der Waals surface area contributed by atoms with Gasteiger partial charge >= 0.3 is 29.6 Å². The van der Waals surface area contributed by atoms with Crippen LogP contribution in [0.1, 0.15) is 33.5 Å². The smallest absolute Gasteiger partial charge is 1.00 e. The monoisotopic (exact) mass is 282 g/mol. The Balaban J connectivity index is -0.000000605. The number of hydrogen-bond acceptors (Lipinski definition) is 2. The normalized spacial score (nSPS) is 10.9. The van der Waals surface area contributed by atoms with Gasteiger partial charge in [-0.1, -0.05) is 35.2 Å². The number of halogens is 1. The van der Waals surface area contributed by atoms with E-state index in [9.17, 15) is 8.42 Å². The molecule has 0 bridgehead atoms. The van der Waals surface area contributed by atoms with Crippen LogP contribution in [0, 0.1) is 0 Å². The predicted molar refractivity (Wildman–Crippen MR) is 54.4 cm³/mol. The molecule has 0 aromatic carbocycles. The van der Waals surface area contributed by atoms with Crippen LogP contribution in [0.15, 0.2) is 0 Å². The van der Waals surface area contributed by atoms with Gasteiger partial charge in [0.1, 0.15) is 0 Å². The first-order valence-electron chi connectivity index (χ1n) is 4.07. The first-order chi connectivity index (χ1) is 5.56. The average molecular weight is 283 g/mol. The summed E-state index contributed by atoms with van der Waals surface area (Å²) in [6, 6.07) is 0. The molecule has 0 saturated carbocycles. The van der Waals surface area contributed by atoms with Crippen LogP contribution < -0.4 is 29.6 Å². The summed E-state index contributed by atoms with van der Waals surface area (Å²) in [4.78, 5) is 0. The van der Waals surface area contributed by atoms with E-state index < -0.39 is 10.1 Å². The van der Waals surface area contributed by atoms with Gasteiger partial charge in [0.15, 0.2) is 0 Å². The summed E-state index contributed by atoms with van der Waals surface area (Å²) in [5, 5.41) is 1.01. The molecule has 0 radical (unpaired) electrons. The molecule has 76 valence electrons. The maximum atomic E-state index is 10.3. The summed E-state index contributed by atoms with van der Waals surface area (Å²) in [6.45, 7) is 0. The minimum Gasteiger partial charge on any atom is -1.00 e. The maximum Gasteiger partial charge on any atom is 1.00 e. The Morgan fingerprint density at radius 3 is 2.00 bits per heavy atom. The second kappa shape index (κ2) is 9.93. The average Bonchev–Trinajstić information content (AvgIpc) is 1.94. The van der Waals surface area contributed by atoms with Crippen LogP contribution in [-0.4, -0.2) is 24.1 Å². The van der Waals surface area contributed by atoms with Crippen molar-refractivity contribution in [1.29, 1.82) is 0 Å². The van der Waals surface area contributed by atoms with E-state index in [1.54, 1.807) is 0 Å². The summed E-state index contributed by atoms with van der Waals surface area (Å²) >= 11 is 3.31. The predicted octanol–water partition coefficient (Wildman–Crippen LogP) is -0.664. The zero-order valence-electron chi connectivity index (χ0n) is 9.00. The Morgan fingerprint density at radius 1 is 1.08 bits per heavy atom. The Labute approximate surface area is 112 Å². The first kappa shape index (κ1) is 16.8. The zero-order chi connectivity index (χ0) is 9.45. The van der Waals surface area contributed by atoms with Crippen molar-refractivity contribution in [1.82, 2.24) is 0 Å². The van der Waals surface area contributed by atoms with Crippen molar-refractivity contribution in [3.8, 4) is 0 Å². The van der Waals surface area contributed by atoms with Gasteiger partial charge < -0.3 is 1.43 Å². The molecular weight excluding hydrogens is 267 g/mol. The van der Waals surface area contributed by atoms with Gasteiger partial charge in [0.05, 0.1) is 5.75 Å². The second-order valence-electron chi connectivity index (χ2n) is 2.74. The number of unbranched alkanes of at least 4 members (excludes halogenated alkanes) is 4. The van der Waals surface area contributed by atoms with Gasteiger partial charge in [-0.25, -0.2) is 0 Å². The quantitative estimate of drug-likeness (QED) is 0.292. The Hall–Kier alpha value is 1.39. The first-order valence-corrected chi connectivity index (χ1v) is 6.80. The van der Waals surface area contributed by atoms with Gasteiger partial charge in [0.2, 0.25) is 0 Å². The fraction of sp³-hybridized carbons (Fsp3) is 1.00. The van der Waals surface area contributed by atoms with E-state index in [1.807, 2.05) is 0 Å². The van der Waals surface area contributed by atoms with E-state index in [0.717, 1.165) is 31.0 Å². The van der Waals surface area contributed by atoms with Gasteiger partial charge in [-0.05, 0) is 12.8 Å². The summed E-state index contributed by atoms with van der Waals surface area (Å²) in [5.74, 6) is -0.0959. The molecule has 0 amide bonds. The summed E-state index contributed by atoms with van der Waals surface area (Å²) < 4.78 is 28.9.